The highest BCUT2D eigenvalue weighted by Crippen LogP contribution is 2.44. The summed E-state index contributed by atoms with van der Waals surface area (Å²) in [5.41, 5.74) is 6.51. The van der Waals surface area contributed by atoms with Gasteiger partial charge in [0.1, 0.15) is 11.6 Å². The minimum absolute atomic E-state index is 0.0605. The second kappa shape index (κ2) is 4.51. The zero-order valence-electron chi connectivity index (χ0n) is 10.8. The van der Waals surface area contributed by atoms with Crippen LogP contribution in [0.15, 0.2) is 47.4 Å². The summed E-state index contributed by atoms with van der Waals surface area (Å²) in [4.78, 5) is 0. The number of nitriles is 2. The average molecular weight is 251 g/mol. The molecule has 0 amide bonds. The zero-order valence-corrected chi connectivity index (χ0v) is 10.8. The number of benzene rings is 1. The molecule has 1 aliphatic heterocycles. The number of allylic oxidation sites excluding steroid dienone is 2. The van der Waals surface area contributed by atoms with E-state index in [4.69, 9.17) is 15.7 Å². The standard InChI is InChI=1S/C15H13N3O/c1-15(2)11(8-16)13(10-6-4-3-5-7-10)19-14(18)12(15)9-17/h3-7H,18H2,1-2H3. The third-order valence-electron chi connectivity index (χ3n) is 3.20. The van der Waals surface area contributed by atoms with Crippen molar-refractivity contribution in [3.63, 3.8) is 0 Å². The summed E-state index contributed by atoms with van der Waals surface area (Å²) < 4.78 is 5.51. The summed E-state index contributed by atoms with van der Waals surface area (Å²) in [5.74, 6) is 0.481. The number of ether oxygens (including phenoxy) is 1. The highest BCUT2D eigenvalue weighted by atomic mass is 16.5. The topological polar surface area (TPSA) is 82.8 Å². The van der Waals surface area contributed by atoms with E-state index in [0.29, 0.717) is 11.3 Å². The van der Waals surface area contributed by atoms with E-state index in [2.05, 4.69) is 6.07 Å². The fourth-order valence-electron chi connectivity index (χ4n) is 2.11. The maximum absolute atomic E-state index is 9.40. The lowest BCUT2D eigenvalue weighted by Gasteiger charge is -2.31. The van der Waals surface area contributed by atoms with E-state index < -0.39 is 5.41 Å². The molecule has 4 heteroatoms. The predicted molar refractivity (Wildman–Crippen MR) is 70.7 cm³/mol. The van der Waals surface area contributed by atoms with E-state index in [1.807, 2.05) is 36.4 Å². The molecule has 0 saturated heterocycles. The van der Waals surface area contributed by atoms with Crippen LogP contribution in [-0.4, -0.2) is 0 Å². The van der Waals surface area contributed by atoms with Gasteiger partial charge in [-0.2, -0.15) is 10.5 Å². The molecule has 94 valence electrons. The molecule has 2 rings (SSSR count). The molecule has 0 atom stereocenters. The summed E-state index contributed by atoms with van der Waals surface area (Å²) in [6, 6.07) is 13.4. The fourth-order valence-corrected chi connectivity index (χ4v) is 2.11. The third kappa shape index (κ3) is 1.94. The lowest BCUT2D eigenvalue weighted by molar-refractivity contribution is 0.330. The number of nitrogens with two attached hydrogens (primary N) is 1. The Morgan fingerprint density at radius 3 is 2.16 bits per heavy atom. The second-order valence-corrected chi connectivity index (χ2v) is 4.76. The van der Waals surface area contributed by atoms with Crippen molar-refractivity contribution >= 4 is 5.76 Å². The lowest BCUT2D eigenvalue weighted by atomic mass is 9.75. The molecule has 0 spiro atoms. The van der Waals surface area contributed by atoms with Crippen molar-refractivity contribution in [3.05, 3.63) is 52.9 Å². The van der Waals surface area contributed by atoms with Crippen molar-refractivity contribution in [3.8, 4) is 12.1 Å². The molecule has 0 bridgehead atoms. The number of nitrogens with zero attached hydrogens (tertiary/aromatic N) is 2. The summed E-state index contributed by atoms with van der Waals surface area (Å²) in [5, 5.41) is 18.6. The van der Waals surface area contributed by atoms with Gasteiger partial charge >= 0.3 is 0 Å². The van der Waals surface area contributed by atoms with Crippen molar-refractivity contribution < 1.29 is 4.74 Å². The molecule has 19 heavy (non-hydrogen) atoms. The van der Waals surface area contributed by atoms with Gasteiger partial charge in [0.2, 0.25) is 5.88 Å². The quantitative estimate of drug-likeness (QED) is 0.831. The number of hydrogen-bond acceptors (Lipinski definition) is 4. The molecule has 4 nitrogen and oxygen atoms in total. The Bertz CT molecular complexity index is 655. The number of hydrogen-bond donors (Lipinski definition) is 1. The molecule has 1 aliphatic rings. The Morgan fingerprint density at radius 2 is 1.63 bits per heavy atom. The van der Waals surface area contributed by atoms with Crippen molar-refractivity contribution in [2.45, 2.75) is 13.8 Å². The van der Waals surface area contributed by atoms with Crippen LogP contribution < -0.4 is 5.73 Å². The van der Waals surface area contributed by atoms with Crippen LogP contribution >= 0.6 is 0 Å². The molecule has 2 N–H and O–H groups in total. The van der Waals surface area contributed by atoms with Crippen molar-refractivity contribution in [1.29, 1.82) is 10.5 Å². The Morgan fingerprint density at radius 1 is 1.05 bits per heavy atom. The SMILES string of the molecule is CC1(C)C(C#N)=C(N)OC(c2ccccc2)=C1C#N. The molecule has 0 saturated carbocycles. The maximum atomic E-state index is 9.40. The Labute approximate surface area is 112 Å². The first-order valence-electron chi connectivity index (χ1n) is 5.80. The molecule has 1 aromatic rings. The van der Waals surface area contributed by atoms with Crippen molar-refractivity contribution in [2.24, 2.45) is 11.1 Å². The van der Waals surface area contributed by atoms with Crippen LogP contribution in [0.3, 0.4) is 0 Å². The summed E-state index contributed by atoms with van der Waals surface area (Å²) in [7, 11) is 0. The fraction of sp³-hybridized carbons (Fsp3) is 0.200. The molecular weight excluding hydrogens is 238 g/mol. The van der Waals surface area contributed by atoms with Gasteiger partial charge in [-0.05, 0) is 13.8 Å². The Kier molecular flexibility index (Phi) is 3.02. The summed E-state index contributed by atoms with van der Waals surface area (Å²) in [6.45, 7) is 3.59. The van der Waals surface area contributed by atoms with Gasteiger partial charge in [-0.15, -0.1) is 0 Å². The highest BCUT2D eigenvalue weighted by Gasteiger charge is 2.39. The van der Waals surface area contributed by atoms with E-state index in [9.17, 15) is 5.26 Å². The second-order valence-electron chi connectivity index (χ2n) is 4.76. The zero-order chi connectivity index (χ0) is 14.0. The Hall–Kier alpha value is -2.72. The minimum atomic E-state index is -0.753. The van der Waals surface area contributed by atoms with Crippen LogP contribution in [0.5, 0.6) is 0 Å². The minimum Gasteiger partial charge on any atom is -0.439 e. The van der Waals surface area contributed by atoms with E-state index in [0.717, 1.165) is 5.56 Å². The van der Waals surface area contributed by atoms with Gasteiger partial charge in [-0.25, -0.2) is 0 Å². The van der Waals surface area contributed by atoms with Gasteiger partial charge in [0.05, 0.1) is 11.6 Å². The van der Waals surface area contributed by atoms with Gasteiger partial charge in [-0.1, -0.05) is 30.3 Å². The molecule has 0 aromatic heterocycles. The highest BCUT2D eigenvalue weighted by molar-refractivity contribution is 5.72. The van der Waals surface area contributed by atoms with E-state index >= 15 is 0 Å². The van der Waals surface area contributed by atoms with Crippen molar-refractivity contribution in [1.82, 2.24) is 0 Å². The van der Waals surface area contributed by atoms with E-state index in [-0.39, 0.29) is 11.5 Å². The average Bonchev–Trinajstić information content (AvgIpc) is 2.38. The van der Waals surface area contributed by atoms with Gasteiger partial charge in [0, 0.05) is 11.0 Å². The van der Waals surface area contributed by atoms with Gasteiger partial charge in [0.15, 0.2) is 5.76 Å². The molecule has 1 heterocycles. The molecule has 0 unspecified atom stereocenters. The smallest absolute Gasteiger partial charge is 0.205 e. The van der Waals surface area contributed by atoms with Crippen LogP contribution in [0.1, 0.15) is 19.4 Å². The molecular formula is C15H13N3O. The first-order chi connectivity index (χ1) is 9.02. The predicted octanol–water partition coefficient (Wildman–Crippen LogP) is 2.67. The van der Waals surface area contributed by atoms with E-state index in [1.54, 1.807) is 13.8 Å². The van der Waals surface area contributed by atoms with Gasteiger partial charge < -0.3 is 10.5 Å². The first-order valence-corrected chi connectivity index (χ1v) is 5.80. The van der Waals surface area contributed by atoms with Crippen LogP contribution in [0.4, 0.5) is 0 Å². The summed E-state index contributed by atoms with van der Waals surface area (Å²) >= 11 is 0. The summed E-state index contributed by atoms with van der Waals surface area (Å²) in [6.07, 6.45) is 0. The number of rotatable bonds is 1. The molecule has 0 radical (unpaired) electrons. The molecule has 0 aliphatic carbocycles. The lowest BCUT2D eigenvalue weighted by Crippen LogP contribution is -2.27. The van der Waals surface area contributed by atoms with Crippen LogP contribution in [0, 0.1) is 28.1 Å². The molecule has 1 aromatic carbocycles. The van der Waals surface area contributed by atoms with Gasteiger partial charge in [0.25, 0.3) is 0 Å². The van der Waals surface area contributed by atoms with Gasteiger partial charge in [-0.3, -0.25) is 0 Å². The van der Waals surface area contributed by atoms with Crippen LogP contribution in [-0.2, 0) is 4.74 Å². The third-order valence-corrected chi connectivity index (χ3v) is 3.20. The normalized spacial score (nSPS) is 17.5. The van der Waals surface area contributed by atoms with Crippen molar-refractivity contribution in [2.75, 3.05) is 0 Å². The Balaban J connectivity index is 2.66. The molecule has 0 fully saturated rings. The van der Waals surface area contributed by atoms with Crippen LogP contribution in [0.25, 0.3) is 5.76 Å². The van der Waals surface area contributed by atoms with Crippen LogP contribution in [0.2, 0.25) is 0 Å². The maximum Gasteiger partial charge on any atom is 0.205 e. The largest absolute Gasteiger partial charge is 0.439 e. The first kappa shape index (κ1) is 12.7. The monoisotopic (exact) mass is 251 g/mol. The van der Waals surface area contributed by atoms with E-state index in [1.165, 1.54) is 0 Å².